The molecule has 0 saturated carbocycles. The van der Waals surface area contributed by atoms with E-state index in [9.17, 15) is 13.2 Å². The average Bonchev–Trinajstić information content (AvgIpc) is 3.37. The van der Waals surface area contributed by atoms with Crippen molar-refractivity contribution in [1.82, 2.24) is 0 Å². The van der Waals surface area contributed by atoms with Gasteiger partial charge in [-0.05, 0) is 72.5 Å². The number of hydrogen-bond acceptors (Lipinski definition) is 3. The summed E-state index contributed by atoms with van der Waals surface area (Å²) in [5.74, 6) is -0.0526. The molecule has 152 valence electrons. The highest BCUT2D eigenvalue weighted by molar-refractivity contribution is 9.10. The minimum Gasteiger partial charge on any atom is -0.308 e. The maximum Gasteiger partial charge on any atom is 0.264 e. The molecule has 0 unspecified atom stereocenters. The number of benzene rings is 3. The predicted molar refractivity (Wildman–Crippen MR) is 121 cm³/mol. The summed E-state index contributed by atoms with van der Waals surface area (Å²) in [6.07, 6.45) is 1.42. The first kappa shape index (κ1) is 19.3. The fourth-order valence-corrected chi connectivity index (χ4v) is 6.14. The Morgan fingerprint density at radius 1 is 0.833 bits per heavy atom. The summed E-state index contributed by atoms with van der Waals surface area (Å²) in [6.45, 7) is 1.03. The molecule has 0 radical (unpaired) electrons. The second-order valence-electron chi connectivity index (χ2n) is 7.46. The first-order valence-electron chi connectivity index (χ1n) is 9.76. The van der Waals surface area contributed by atoms with Crippen LogP contribution in [0.25, 0.3) is 0 Å². The highest BCUT2D eigenvalue weighted by Crippen LogP contribution is 2.35. The van der Waals surface area contributed by atoms with Gasteiger partial charge in [-0.15, -0.1) is 0 Å². The number of carbonyl (C=O) groups is 1. The summed E-state index contributed by atoms with van der Waals surface area (Å²) in [4.78, 5) is 15.3. The molecule has 30 heavy (non-hydrogen) atoms. The van der Waals surface area contributed by atoms with Gasteiger partial charge in [0.2, 0.25) is 0 Å². The molecule has 0 bridgehead atoms. The number of sulfonamides is 1. The topological polar surface area (TPSA) is 57.7 Å². The lowest BCUT2D eigenvalue weighted by Gasteiger charge is -2.21. The van der Waals surface area contributed by atoms with Gasteiger partial charge in [0.15, 0.2) is 0 Å². The third-order valence-electron chi connectivity index (χ3n) is 5.69. The Hall–Kier alpha value is -2.64. The summed E-state index contributed by atoms with van der Waals surface area (Å²) >= 11 is 3.48. The van der Waals surface area contributed by atoms with E-state index in [1.807, 2.05) is 18.2 Å². The lowest BCUT2D eigenvalue weighted by molar-refractivity contribution is 0.0989. The minimum absolute atomic E-state index is 0.0526. The van der Waals surface area contributed by atoms with E-state index in [4.69, 9.17) is 0 Å². The third kappa shape index (κ3) is 3.13. The lowest BCUT2D eigenvalue weighted by atomic mass is 10.1. The summed E-state index contributed by atoms with van der Waals surface area (Å²) in [7, 11) is -3.61. The Labute approximate surface area is 184 Å². The molecule has 7 heteroatoms. The Morgan fingerprint density at radius 3 is 2.33 bits per heavy atom. The maximum atomic E-state index is 13.2. The number of carbonyl (C=O) groups excluding carboxylic acids is 1. The van der Waals surface area contributed by atoms with Gasteiger partial charge < -0.3 is 4.90 Å². The zero-order valence-electron chi connectivity index (χ0n) is 16.1. The SMILES string of the molecule is O=C(c1ccc2c(c1)CCN2S(=O)(=O)c1ccccc1)N1CCc2cc(Br)ccc21. The van der Waals surface area contributed by atoms with Gasteiger partial charge in [0.05, 0.1) is 10.6 Å². The molecule has 0 aliphatic carbocycles. The Balaban J connectivity index is 1.45. The summed E-state index contributed by atoms with van der Waals surface area (Å²) in [5, 5.41) is 0. The molecule has 3 aromatic rings. The van der Waals surface area contributed by atoms with E-state index in [2.05, 4.69) is 22.0 Å². The van der Waals surface area contributed by atoms with Crippen molar-refractivity contribution in [3.05, 3.63) is 87.9 Å². The van der Waals surface area contributed by atoms with E-state index >= 15 is 0 Å². The maximum absolute atomic E-state index is 13.2. The van der Waals surface area contributed by atoms with Gasteiger partial charge in [0, 0.05) is 28.8 Å². The van der Waals surface area contributed by atoms with Crippen LogP contribution in [0.5, 0.6) is 0 Å². The van der Waals surface area contributed by atoms with Crippen LogP contribution in [0.4, 0.5) is 11.4 Å². The van der Waals surface area contributed by atoms with Crippen LogP contribution in [-0.2, 0) is 22.9 Å². The first-order valence-corrected chi connectivity index (χ1v) is 12.0. The van der Waals surface area contributed by atoms with Crippen LogP contribution in [0, 0.1) is 0 Å². The molecule has 1 amide bonds. The second kappa shape index (κ2) is 7.25. The Kier molecular flexibility index (Phi) is 4.67. The van der Waals surface area contributed by atoms with Crippen LogP contribution in [0.3, 0.4) is 0 Å². The zero-order valence-corrected chi connectivity index (χ0v) is 18.5. The van der Waals surface area contributed by atoms with Crippen LogP contribution >= 0.6 is 15.9 Å². The van der Waals surface area contributed by atoms with Crippen molar-refractivity contribution < 1.29 is 13.2 Å². The summed E-state index contributed by atoms with van der Waals surface area (Å²) in [5.41, 5.74) is 4.22. The number of fused-ring (bicyclic) bond motifs is 2. The van der Waals surface area contributed by atoms with Gasteiger partial charge in [0.25, 0.3) is 15.9 Å². The molecular formula is C23H19BrN2O3S. The van der Waals surface area contributed by atoms with Crippen molar-refractivity contribution in [3.8, 4) is 0 Å². The Morgan fingerprint density at radius 2 is 1.53 bits per heavy atom. The first-order chi connectivity index (χ1) is 14.4. The van der Waals surface area contributed by atoms with Crippen LogP contribution in [0.1, 0.15) is 21.5 Å². The van der Waals surface area contributed by atoms with E-state index in [-0.39, 0.29) is 10.8 Å². The molecule has 5 rings (SSSR count). The van der Waals surface area contributed by atoms with Crippen molar-refractivity contribution in [2.24, 2.45) is 0 Å². The van der Waals surface area contributed by atoms with Crippen molar-refractivity contribution in [1.29, 1.82) is 0 Å². The number of amides is 1. The molecule has 3 aromatic carbocycles. The van der Waals surface area contributed by atoms with Gasteiger partial charge in [-0.25, -0.2) is 8.42 Å². The monoisotopic (exact) mass is 482 g/mol. The number of hydrogen-bond donors (Lipinski definition) is 0. The quantitative estimate of drug-likeness (QED) is 0.555. The smallest absolute Gasteiger partial charge is 0.264 e. The fourth-order valence-electron chi connectivity index (χ4n) is 4.21. The highest BCUT2D eigenvalue weighted by atomic mass is 79.9. The van der Waals surface area contributed by atoms with Gasteiger partial charge in [-0.2, -0.15) is 0 Å². The molecule has 0 aromatic heterocycles. The van der Waals surface area contributed by atoms with Crippen molar-refractivity contribution >= 4 is 43.2 Å². The van der Waals surface area contributed by atoms with Gasteiger partial charge >= 0.3 is 0 Å². The lowest BCUT2D eigenvalue weighted by Crippen LogP contribution is -2.29. The fraction of sp³-hybridized carbons (Fsp3) is 0.174. The Bertz CT molecular complexity index is 1260. The van der Waals surface area contributed by atoms with Crippen LogP contribution in [-0.4, -0.2) is 27.4 Å². The van der Waals surface area contributed by atoms with Crippen molar-refractivity contribution in [3.63, 3.8) is 0 Å². The third-order valence-corrected chi connectivity index (χ3v) is 8.01. The van der Waals surface area contributed by atoms with Crippen molar-refractivity contribution in [2.75, 3.05) is 22.3 Å². The van der Waals surface area contributed by atoms with E-state index in [0.29, 0.717) is 30.8 Å². The molecule has 5 nitrogen and oxygen atoms in total. The molecule has 0 atom stereocenters. The number of rotatable bonds is 3. The van der Waals surface area contributed by atoms with Crippen LogP contribution in [0.2, 0.25) is 0 Å². The molecule has 0 spiro atoms. The predicted octanol–water partition coefficient (Wildman–Crippen LogP) is 4.40. The van der Waals surface area contributed by atoms with E-state index in [1.54, 1.807) is 47.4 Å². The molecule has 2 heterocycles. The van der Waals surface area contributed by atoms with Gasteiger partial charge in [0.1, 0.15) is 0 Å². The minimum atomic E-state index is -3.61. The highest BCUT2D eigenvalue weighted by Gasteiger charge is 2.32. The van der Waals surface area contributed by atoms with Crippen molar-refractivity contribution in [2.45, 2.75) is 17.7 Å². The summed E-state index contributed by atoms with van der Waals surface area (Å²) in [6, 6.07) is 19.7. The van der Waals surface area contributed by atoms with Crippen LogP contribution in [0.15, 0.2) is 76.1 Å². The molecule has 0 fully saturated rings. The molecule has 0 saturated heterocycles. The van der Waals surface area contributed by atoms with Gasteiger partial charge in [-0.3, -0.25) is 9.10 Å². The van der Waals surface area contributed by atoms with Crippen LogP contribution < -0.4 is 9.21 Å². The number of anilines is 2. The largest absolute Gasteiger partial charge is 0.308 e. The molecule has 0 N–H and O–H groups in total. The van der Waals surface area contributed by atoms with Gasteiger partial charge in [-0.1, -0.05) is 34.1 Å². The van der Waals surface area contributed by atoms with E-state index < -0.39 is 10.0 Å². The zero-order chi connectivity index (χ0) is 20.9. The standard InChI is InChI=1S/C23H19BrN2O3S/c24-19-7-9-21-17(15-19)10-12-25(21)23(27)18-6-8-22-16(14-18)11-13-26(22)30(28,29)20-4-2-1-3-5-20/h1-9,14-15H,10-13H2. The van der Waals surface area contributed by atoms with E-state index in [0.717, 1.165) is 27.7 Å². The number of nitrogens with zero attached hydrogens (tertiary/aromatic N) is 2. The van der Waals surface area contributed by atoms with E-state index in [1.165, 1.54) is 4.31 Å². The molecule has 2 aliphatic heterocycles. The second-order valence-corrected chi connectivity index (χ2v) is 10.2. The normalized spacial score (nSPS) is 15.2. The average molecular weight is 483 g/mol. The number of halogens is 1. The molecule has 2 aliphatic rings. The molecular weight excluding hydrogens is 464 g/mol. The summed E-state index contributed by atoms with van der Waals surface area (Å²) < 4.78 is 28.5.